The van der Waals surface area contributed by atoms with Gasteiger partial charge in [-0.05, 0) is 52.3 Å². The van der Waals surface area contributed by atoms with Crippen molar-refractivity contribution in [3.8, 4) is 0 Å². The Balaban J connectivity index is 2.16. The van der Waals surface area contributed by atoms with E-state index >= 15 is 0 Å². The van der Waals surface area contributed by atoms with Crippen molar-refractivity contribution in [2.75, 3.05) is 31.2 Å². The van der Waals surface area contributed by atoms with E-state index < -0.39 is 15.7 Å². The molecule has 1 aliphatic heterocycles. The van der Waals surface area contributed by atoms with Crippen LogP contribution >= 0.6 is 0 Å². The average molecular weight is 391 g/mol. The molecular formula is C19H26N4O3S. The minimum absolute atomic E-state index is 0.184. The number of aryl methyl sites for hydroxylation is 1. The van der Waals surface area contributed by atoms with E-state index in [9.17, 15) is 9.00 Å². The van der Waals surface area contributed by atoms with Gasteiger partial charge >= 0.3 is 0 Å². The summed E-state index contributed by atoms with van der Waals surface area (Å²) >= 11 is 0. The number of hydrogen-bond donors (Lipinski definition) is 1. The molecule has 0 spiro atoms. The minimum atomic E-state index is -1.39. The van der Waals surface area contributed by atoms with Crippen LogP contribution in [-0.4, -0.2) is 50.9 Å². The first-order chi connectivity index (χ1) is 12.7. The van der Waals surface area contributed by atoms with Crippen LogP contribution in [0.5, 0.6) is 0 Å². The van der Waals surface area contributed by atoms with Gasteiger partial charge in [0.25, 0.3) is 5.56 Å². The quantitative estimate of drug-likeness (QED) is 0.813. The molecule has 1 fully saturated rings. The maximum atomic E-state index is 12.7. The van der Waals surface area contributed by atoms with Gasteiger partial charge < -0.3 is 9.64 Å². The highest BCUT2D eigenvalue weighted by Crippen LogP contribution is 2.22. The van der Waals surface area contributed by atoms with Crippen LogP contribution in [0.25, 0.3) is 10.9 Å². The van der Waals surface area contributed by atoms with Gasteiger partial charge in [0.05, 0.1) is 34.6 Å². The Bertz CT molecular complexity index is 969. The number of morpholine rings is 1. The highest BCUT2D eigenvalue weighted by molar-refractivity contribution is 7.85. The van der Waals surface area contributed by atoms with Crippen molar-refractivity contribution in [1.29, 1.82) is 0 Å². The Morgan fingerprint density at radius 2 is 1.96 bits per heavy atom. The van der Waals surface area contributed by atoms with E-state index in [4.69, 9.17) is 9.72 Å². The van der Waals surface area contributed by atoms with E-state index in [-0.39, 0.29) is 5.56 Å². The van der Waals surface area contributed by atoms with Gasteiger partial charge in [0, 0.05) is 18.7 Å². The first-order valence-electron chi connectivity index (χ1n) is 9.02. The number of fused-ring (bicyclic) bond motifs is 1. The van der Waals surface area contributed by atoms with E-state index in [2.05, 4.69) is 9.38 Å². The molecule has 1 aliphatic rings. The van der Waals surface area contributed by atoms with Gasteiger partial charge in [-0.3, -0.25) is 9.78 Å². The van der Waals surface area contributed by atoms with Crippen LogP contribution in [0.2, 0.25) is 0 Å². The summed E-state index contributed by atoms with van der Waals surface area (Å²) in [6.07, 6.45) is 0. The number of nitrogens with zero attached hydrogens (tertiary/aromatic N) is 3. The predicted octanol–water partition coefficient (Wildman–Crippen LogP) is 2.34. The van der Waals surface area contributed by atoms with E-state index in [0.717, 1.165) is 11.1 Å². The Morgan fingerprint density at radius 3 is 2.59 bits per heavy atom. The molecule has 1 aromatic carbocycles. The lowest BCUT2D eigenvalue weighted by Crippen LogP contribution is -2.38. The Kier molecular flexibility index (Phi) is 5.48. The van der Waals surface area contributed by atoms with E-state index in [1.54, 1.807) is 0 Å². The largest absolute Gasteiger partial charge is 0.378 e. The number of ether oxygens (including phenoxy) is 1. The lowest BCUT2D eigenvalue weighted by atomic mass is 10.0. The van der Waals surface area contributed by atoms with Crippen LogP contribution in [0.1, 0.15) is 38.8 Å². The number of aromatic nitrogens is 2. The summed E-state index contributed by atoms with van der Waals surface area (Å²) in [5.41, 5.74) is 2.68. The molecule has 1 saturated heterocycles. The number of benzene rings is 1. The topological polar surface area (TPSA) is 87.7 Å². The molecule has 146 valence electrons. The van der Waals surface area contributed by atoms with Crippen molar-refractivity contribution in [3.63, 3.8) is 0 Å². The van der Waals surface area contributed by atoms with Gasteiger partial charge in [0.1, 0.15) is 11.0 Å². The van der Waals surface area contributed by atoms with Crippen LogP contribution in [-0.2, 0) is 15.7 Å². The highest BCUT2D eigenvalue weighted by Gasteiger charge is 2.21. The first kappa shape index (κ1) is 19.7. The first-order valence-corrected chi connectivity index (χ1v) is 10.1. The lowest BCUT2D eigenvalue weighted by Gasteiger charge is -2.27. The van der Waals surface area contributed by atoms with E-state index in [1.807, 2.05) is 51.7 Å². The molecule has 1 N–H and O–H groups in total. The van der Waals surface area contributed by atoms with Crippen molar-refractivity contribution in [1.82, 2.24) is 9.97 Å². The lowest BCUT2D eigenvalue weighted by molar-refractivity contribution is 0.122. The van der Waals surface area contributed by atoms with E-state index in [0.29, 0.717) is 48.9 Å². The summed E-state index contributed by atoms with van der Waals surface area (Å²) in [6, 6.07) is 3.76. The number of H-pyrrole nitrogens is 1. The van der Waals surface area contributed by atoms with Crippen LogP contribution in [0, 0.1) is 6.92 Å². The van der Waals surface area contributed by atoms with Crippen LogP contribution < -0.4 is 10.5 Å². The maximum Gasteiger partial charge on any atom is 0.260 e. The average Bonchev–Trinajstić information content (AvgIpc) is 2.61. The van der Waals surface area contributed by atoms with Crippen molar-refractivity contribution in [2.24, 2.45) is 4.40 Å². The molecule has 0 amide bonds. The molecule has 7 nitrogen and oxygen atoms in total. The predicted molar refractivity (Wildman–Crippen MR) is 110 cm³/mol. The van der Waals surface area contributed by atoms with Crippen molar-refractivity contribution >= 4 is 33.5 Å². The van der Waals surface area contributed by atoms with Crippen molar-refractivity contribution in [2.45, 2.75) is 39.4 Å². The number of anilines is 1. The van der Waals surface area contributed by atoms with Crippen LogP contribution in [0.4, 0.5) is 5.95 Å². The minimum Gasteiger partial charge on any atom is -0.378 e. The van der Waals surface area contributed by atoms with Crippen LogP contribution in [0.15, 0.2) is 21.3 Å². The number of aromatic amines is 1. The zero-order valence-corrected chi connectivity index (χ0v) is 17.3. The molecule has 0 bridgehead atoms. The molecule has 0 saturated carbocycles. The molecule has 8 heteroatoms. The second-order valence-corrected chi connectivity index (χ2v) is 9.64. The molecule has 1 atom stereocenters. The standard InChI is InChI=1S/C19H26N4O3S/c1-12-10-14(13(2)22-27(25)19(3,4)5)16-15(11-12)17(24)21-18(20-16)23-6-8-26-9-7-23/h10-11H,6-9H2,1-5H3,(H,20,21,24)/b22-13-/t27-/m1/s1. The number of hydrogen-bond acceptors (Lipinski definition) is 5. The third-order valence-corrected chi connectivity index (χ3v) is 5.87. The fourth-order valence-corrected chi connectivity index (χ4v) is 3.51. The Labute approximate surface area is 161 Å². The maximum absolute atomic E-state index is 12.7. The molecule has 2 heterocycles. The summed E-state index contributed by atoms with van der Waals surface area (Å²) in [4.78, 5) is 22.3. The van der Waals surface area contributed by atoms with Crippen molar-refractivity contribution < 1.29 is 8.95 Å². The van der Waals surface area contributed by atoms with Gasteiger partial charge in [-0.25, -0.2) is 9.19 Å². The van der Waals surface area contributed by atoms with E-state index in [1.165, 1.54) is 0 Å². The molecule has 27 heavy (non-hydrogen) atoms. The summed E-state index contributed by atoms with van der Waals surface area (Å²) < 4.78 is 21.8. The normalized spacial score (nSPS) is 17.4. The zero-order valence-electron chi connectivity index (χ0n) is 16.5. The summed E-state index contributed by atoms with van der Waals surface area (Å²) in [5, 5.41) is 0.512. The van der Waals surface area contributed by atoms with Crippen molar-refractivity contribution in [3.05, 3.63) is 33.6 Å². The molecule has 0 unspecified atom stereocenters. The van der Waals surface area contributed by atoms with Gasteiger partial charge in [0.2, 0.25) is 5.95 Å². The molecule has 3 rings (SSSR count). The summed E-state index contributed by atoms with van der Waals surface area (Å²) in [5.74, 6) is 0.533. The number of nitrogens with one attached hydrogen (secondary N) is 1. The van der Waals surface area contributed by atoms with Crippen LogP contribution in [0.3, 0.4) is 0 Å². The van der Waals surface area contributed by atoms with Gasteiger partial charge in [-0.1, -0.05) is 0 Å². The SMILES string of the molecule is C/C(=N/[S@](=O)C(C)(C)C)c1cc(C)cc2c(=O)[nH]c(N3CCOCC3)nc12. The van der Waals surface area contributed by atoms with Gasteiger partial charge in [-0.15, -0.1) is 0 Å². The molecule has 0 aliphatic carbocycles. The van der Waals surface area contributed by atoms with Gasteiger partial charge in [0.15, 0.2) is 0 Å². The zero-order chi connectivity index (χ0) is 19.8. The second kappa shape index (κ2) is 7.52. The molecule has 1 aromatic heterocycles. The molecule has 0 radical (unpaired) electrons. The number of rotatable bonds is 3. The third kappa shape index (κ3) is 4.27. The summed E-state index contributed by atoms with van der Waals surface area (Å²) in [7, 11) is -1.39. The van der Waals surface area contributed by atoms with Gasteiger partial charge in [-0.2, -0.15) is 4.40 Å². The highest BCUT2D eigenvalue weighted by atomic mass is 32.2. The smallest absolute Gasteiger partial charge is 0.260 e. The fourth-order valence-electron chi connectivity index (χ4n) is 2.89. The fraction of sp³-hybridized carbons (Fsp3) is 0.526. The molecule has 2 aromatic rings. The Hall–Kier alpha value is -2.06. The molecular weight excluding hydrogens is 364 g/mol. The third-order valence-electron chi connectivity index (χ3n) is 4.39. The summed E-state index contributed by atoms with van der Waals surface area (Å²) in [6.45, 7) is 11.9. The second-order valence-electron chi connectivity index (χ2n) is 7.74. The Morgan fingerprint density at radius 1 is 1.30 bits per heavy atom. The monoisotopic (exact) mass is 390 g/mol.